The van der Waals surface area contributed by atoms with Crippen LogP contribution in [-0.2, 0) is 23.4 Å². The third-order valence-electron chi connectivity index (χ3n) is 5.50. The van der Waals surface area contributed by atoms with E-state index in [9.17, 15) is 12.3 Å². The molecular weight excluding hydrogens is 521 g/mol. The van der Waals surface area contributed by atoms with Crippen LogP contribution in [0.25, 0.3) is 0 Å². The van der Waals surface area contributed by atoms with Crippen molar-refractivity contribution < 1.29 is 21.8 Å². The van der Waals surface area contributed by atoms with E-state index >= 15 is 0 Å². The van der Waals surface area contributed by atoms with Crippen molar-refractivity contribution >= 4 is 39.4 Å². The second-order valence-electron chi connectivity index (χ2n) is 8.69. The van der Waals surface area contributed by atoms with Gasteiger partial charge in [0.25, 0.3) is 0 Å². The van der Waals surface area contributed by atoms with Crippen molar-refractivity contribution in [1.29, 1.82) is 0 Å². The van der Waals surface area contributed by atoms with Crippen molar-refractivity contribution in [2.45, 2.75) is 37.6 Å². The third kappa shape index (κ3) is 6.30. The van der Waals surface area contributed by atoms with E-state index in [1.807, 2.05) is 44.2 Å². The zero-order chi connectivity index (χ0) is 26.8. The van der Waals surface area contributed by atoms with Crippen LogP contribution in [0, 0.1) is 0 Å². The predicted molar refractivity (Wildman–Crippen MR) is 141 cm³/mol. The Hall–Kier alpha value is -3.83. The van der Waals surface area contributed by atoms with Gasteiger partial charge in [-0.15, -0.1) is 3.89 Å². The minimum Gasteiger partial charge on any atom is -0.489 e. The number of aliphatic imine (C=N–C) groups is 2. The summed E-state index contributed by atoms with van der Waals surface area (Å²) in [5.74, 6) is 1.27. The van der Waals surface area contributed by atoms with Gasteiger partial charge in [0.2, 0.25) is 11.9 Å². The fraction of sp³-hybridized carbons (Fsp3) is 0.200. The van der Waals surface area contributed by atoms with Crippen molar-refractivity contribution in [2.75, 3.05) is 4.90 Å². The number of rotatable bonds is 8. The van der Waals surface area contributed by atoms with Gasteiger partial charge in [0.15, 0.2) is 0 Å². The highest BCUT2D eigenvalue weighted by Gasteiger charge is 2.33. The number of nitrogens with two attached hydrogens (primary N) is 2. The second-order valence-corrected chi connectivity index (χ2v) is 10.4. The standard InChI is InChI=1S/C25H25ClFN5O4S/c1-25(2)31-23(28)30-24(29)32(25)18-7-12-22(21(26)13-18)36-15-17-5-3-16(4-6-17)14-35-19-8-10-20(11-9-19)37(27,33)34/h3-13H,14-15H2,1-2H3,(H4,28,29,30,31). The largest absolute Gasteiger partial charge is 0.489 e. The quantitative estimate of drug-likeness (QED) is 0.402. The maximum atomic E-state index is 13.0. The highest BCUT2D eigenvalue weighted by molar-refractivity contribution is 7.86. The minimum absolute atomic E-state index is 0.118. The monoisotopic (exact) mass is 545 g/mol. The summed E-state index contributed by atoms with van der Waals surface area (Å²) in [6.45, 7) is 4.27. The van der Waals surface area contributed by atoms with E-state index in [4.69, 9.17) is 32.5 Å². The van der Waals surface area contributed by atoms with Gasteiger partial charge in [0, 0.05) is 5.69 Å². The van der Waals surface area contributed by atoms with E-state index in [0.29, 0.717) is 28.8 Å². The molecule has 0 amide bonds. The van der Waals surface area contributed by atoms with Crippen LogP contribution in [0.2, 0.25) is 5.02 Å². The van der Waals surface area contributed by atoms with Crippen molar-refractivity contribution in [2.24, 2.45) is 21.5 Å². The Bertz CT molecular complexity index is 1460. The Balaban J connectivity index is 1.34. The molecule has 0 radical (unpaired) electrons. The molecule has 4 rings (SSSR count). The summed E-state index contributed by atoms with van der Waals surface area (Å²) in [4.78, 5) is 9.70. The molecule has 194 valence electrons. The van der Waals surface area contributed by atoms with Crippen LogP contribution < -0.4 is 25.8 Å². The van der Waals surface area contributed by atoms with Gasteiger partial charge in [-0.3, -0.25) is 4.90 Å². The Labute approximate surface area is 219 Å². The number of benzene rings is 3. The number of halogens is 2. The van der Waals surface area contributed by atoms with Crippen molar-refractivity contribution in [3.05, 3.63) is 82.9 Å². The van der Waals surface area contributed by atoms with Crippen LogP contribution in [0.1, 0.15) is 25.0 Å². The molecule has 1 aliphatic rings. The molecule has 3 aromatic carbocycles. The summed E-state index contributed by atoms with van der Waals surface area (Å²) in [7, 11) is -4.73. The molecule has 0 atom stereocenters. The number of nitrogens with zero attached hydrogens (tertiary/aromatic N) is 3. The molecule has 1 aliphatic heterocycles. The Morgan fingerprint density at radius 1 is 0.946 bits per heavy atom. The van der Waals surface area contributed by atoms with Crippen LogP contribution in [0.4, 0.5) is 9.57 Å². The first kappa shape index (κ1) is 26.2. The van der Waals surface area contributed by atoms with Gasteiger partial charge >= 0.3 is 10.2 Å². The van der Waals surface area contributed by atoms with E-state index in [2.05, 4.69) is 9.98 Å². The molecule has 0 fully saturated rings. The highest BCUT2D eigenvalue weighted by Crippen LogP contribution is 2.34. The topological polar surface area (TPSA) is 133 Å². The average Bonchev–Trinajstić information content (AvgIpc) is 2.81. The van der Waals surface area contributed by atoms with Crippen molar-refractivity contribution in [3.8, 4) is 11.5 Å². The molecule has 9 nitrogen and oxygen atoms in total. The smallest absolute Gasteiger partial charge is 0.332 e. The minimum atomic E-state index is -4.73. The lowest BCUT2D eigenvalue weighted by molar-refractivity contribution is 0.302. The average molecular weight is 546 g/mol. The summed E-state index contributed by atoms with van der Waals surface area (Å²) in [5, 5.41) is 0.403. The van der Waals surface area contributed by atoms with Gasteiger partial charge in [-0.25, -0.2) is 4.99 Å². The van der Waals surface area contributed by atoms with E-state index in [1.54, 1.807) is 17.0 Å². The zero-order valence-electron chi connectivity index (χ0n) is 20.1. The lowest BCUT2D eigenvalue weighted by atomic mass is 10.1. The maximum Gasteiger partial charge on any atom is 0.332 e. The third-order valence-corrected chi connectivity index (χ3v) is 6.63. The molecule has 12 heteroatoms. The zero-order valence-corrected chi connectivity index (χ0v) is 21.6. The lowest BCUT2D eigenvalue weighted by Crippen LogP contribution is -2.54. The van der Waals surface area contributed by atoms with Crippen molar-refractivity contribution in [1.82, 2.24) is 0 Å². The fourth-order valence-electron chi connectivity index (χ4n) is 3.75. The molecule has 0 bridgehead atoms. The molecule has 0 aliphatic carbocycles. The van der Waals surface area contributed by atoms with Gasteiger partial charge < -0.3 is 20.9 Å². The van der Waals surface area contributed by atoms with Gasteiger partial charge in [-0.2, -0.15) is 13.4 Å². The predicted octanol–water partition coefficient (Wildman–Crippen LogP) is 4.34. The van der Waals surface area contributed by atoms with Crippen molar-refractivity contribution in [3.63, 3.8) is 0 Å². The molecule has 0 saturated carbocycles. The van der Waals surface area contributed by atoms with E-state index in [0.717, 1.165) is 23.3 Å². The first-order valence-electron chi connectivity index (χ1n) is 11.1. The number of anilines is 1. The summed E-state index contributed by atoms with van der Waals surface area (Å²) >= 11 is 6.48. The summed E-state index contributed by atoms with van der Waals surface area (Å²) in [5.41, 5.74) is 13.6. The number of hydrogen-bond donors (Lipinski definition) is 2. The molecule has 0 aromatic heterocycles. The SMILES string of the molecule is CC1(C)N=C(N)N=C(N)N1c1ccc(OCc2ccc(COc3ccc(S(=O)(=O)F)cc3)cc2)c(Cl)c1. The molecule has 37 heavy (non-hydrogen) atoms. The van der Waals surface area contributed by atoms with Gasteiger partial charge in [-0.1, -0.05) is 35.9 Å². The van der Waals surface area contributed by atoms with Gasteiger partial charge in [0.05, 0.1) is 9.92 Å². The maximum absolute atomic E-state index is 13.0. The van der Waals surface area contributed by atoms with Gasteiger partial charge in [0.1, 0.15) is 30.4 Å². The first-order valence-corrected chi connectivity index (χ1v) is 12.9. The number of guanidine groups is 2. The van der Waals surface area contributed by atoms with Gasteiger partial charge in [-0.05, 0) is 67.4 Å². The molecule has 3 aromatic rings. The number of ether oxygens (including phenoxy) is 2. The van der Waals surface area contributed by atoms with Crippen LogP contribution >= 0.6 is 11.6 Å². The molecule has 0 spiro atoms. The molecular formula is C25H25ClFN5O4S. The van der Waals surface area contributed by atoms with E-state index < -0.39 is 20.8 Å². The normalized spacial score (nSPS) is 15.1. The first-order chi connectivity index (χ1) is 17.4. The summed E-state index contributed by atoms with van der Waals surface area (Å²) in [6.07, 6.45) is 0. The van der Waals surface area contributed by atoms with Crippen LogP contribution in [0.3, 0.4) is 0 Å². The second kappa shape index (κ2) is 10.3. The lowest BCUT2D eigenvalue weighted by Gasteiger charge is -2.38. The highest BCUT2D eigenvalue weighted by atomic mass is 35.5. The molecule has 0 saturated heterocycles. The van der Waals surface area contributed by atoms with E-state index in [1.165, 1.54) is 12.1 Å². The molecule has 1 heterocycles. The van der Waals surface area contributed by atoms with Crippen LogP contribution in [0.15, 0.2) is 81.6 Å². The summed E-state index contributed by atoms with van der Waals surface area (Å²) in [6, 6.07) is 18.0. The fourth-order valence-corrected chi connectivity index (χ4v) is 4.45. The molecule has 0 unspecified atom stereocenters. The Morgan fingerprint density at radius 3 is 2.08 bits per heavy atom. The van der Waals surface area contributed by atoms with Crippen LogP contribution in [0.5, 0.6) is 11.5 Å². The molecule has 4 N–H and O–H groups in total. The Kier molecular flexibility index (Phi) is 7.28. The summed E-state index contributed by atoms with van der Waals surface area (Å²) < 4.78 is 46.3. The number of hydrogen-bond acceptors (Lipinski definition) is 9. The van der Waals surface area contributed by atoms with E-state index in [-0.39, 0.29) is 18.5 Å². The van der Waals surface area contributed by atoms with Crippen LogP contribution in [-0.4, -0.2) is 26.0 Å². The Morgan fingerprint density at radius 2 is 1.54 bits per heavy atom.